The summed E-state index contributed by atoms with van der Waals surface area (Å²) in [4.78, 5) is 24.4. The molecule has 1 aliphatic heterocycles. The summed E-state index contributed by atoms with van der Waals surface area (Å²) in [7, 11) is 1.53. The van der Waals surface area contributed by atoms with E-state index < -0.39 is 24.4 Å². The summed E-state index contributed by atoms with van der Waals surface area (Å²) < 4.78 is 23.6. The molecule has 166 valence electrons. The fourth-order valence-corrected chi connectivity index (χ4v) is 3.26. The Labute approximate surface area is 179 Å². The summed E-state index contributed by atoms with van der Waals surface area (Å²) in [5.74, 6) is -0.497. The number of rotatable bonds is 8. The number of amides is 2. The van der Waals surface area contributed by atoms with Crippen molar-refractivity contribution >= 4 is 11.8 Å². The Bertz CT molecular complexity index is 890. The molecule has 1 fully saturated rings. The van der Waals surface area contributed by atoms with Crippen LogP contribution in [0.2, 0.25) is 0 Å². The summed E-state index contributed by atoms with van der Waals surface area (Å²) in [6.07, 6.45) is -4.44. The van der Waals surface area contributed by atoms with Gasteiger partial charge in [0.25, 0.3) is 5.91 Å². The van der Waals surface area contributed by atoms with E-state index in [1.54, 1.807) is 36.4 Å². The van der Waals surface area contributed by atoms with Crippen LogP contribution in [0.4, 0.5) is 4.39 Å². The standard InChI is InChI=1S/C22H25FN2O6/c1-30-16-8-4-14(5-9-16)22(29)25-12-18-21(28)20(27)17(31-18)10-19(26)24-11-13-2-6-15(23)7-3-13/h2-9,17-18,20-21,27-28H,10-12H2,1H3,(H,24,26)(H,25,29). The molecular formula is C22H25FN2O6. The molecule has 0 aromatic heterocycles. The smallest absolute Gasteiger partial charge is 0.251 e. The molecule has 9 heteroatoms. The number of aliphatic hydroxyl groups is 2. The normalized spacial score (nSPS) is 22.7. The maximum Gasteiger partial charge on any atom is 0.251 e. The Hall–Kier alpha value is -3.01. The lowest BCUT2D eigenvalue weighted by Crippen LogP contribution is -2.40. The fourth-order valence-electron chi connectivity index (χ4n) is 3.26. The SMILES string of the molecule is COc1ccc(C(=O)NCC2OC(CC(=O)NCc3ccc(F)cc3)C(O)C2O)cc1. The van der Waals surface area contributed by atoms with E-state index in [0.717, 1.165) is 5.56 Å². The zero-order chi connectivity index (χ0) is 22.4. The molecule has 4 N–H and O–H groups in total. The number of methoxy groups -OCH3 is 1. The Morgan fingerprint density at radius 1 is 1.00 bits per heavy atom. The number of carbonyl (C=O) groups excluding carboxylic acids is 2. The van der Waals surface area contributed by atoms with Crippen LogP contribution in [0, 0.1) is 5.82 Å². The second-order valence-corrected chi connectivity index (χ2v) is 7.24. The summed E-state index contributed by atoms with van der Waals surface area (Å²) in [5, 5.41) is 25.7. The highest BCUT2D eigenvalue weighted by molar-refractivity contribution is 5.94. The lowest BCUT2D eigenvalue weighted by Gasteiger charge is -2.15. The second kappa shape index (κ2) is 10.3. The van der Waals surface area contributed by atoms with Gasteiger partial charge in [0, 0.05) is 18.7 Å². The minimum absolute atomic E-state index is 0.0310. The van der Waals surface area contributed by atoms with Gasteiger partial charge < -0.3 is 30.3 Å². The van der Waals surface area contributed by atoms with Crippen molar-refractivity contribution in [1.82, 2.24) is 10.6 Å². The first-order valence-electron chi connectivity index (χ1n) is 9.82. The molecule has 1 aliphatic rings. The van der Waals surface area contributed by atoms with Gasteiger partial charge in [-0.15, -0.1) is 0 Å². The van der Waals surface area contributed by atoms with Crippen LogP contribution in [-0.2, 0) is 16.1 Å². The van der Waals surface area contributed by atoms with E-state index >= 15 is 0 Å². The average Bonchev–Trinajstić information content (AvgIpc) is 3.05. The predicted octanol–water partition coefficient (Wildman–Crippen LogP) is 0.760. The van der Waals surface area contributed by atoms with Gasteiger partial charge in [0.2, 0.25) is 5.91 Å². The fraction of sp³-hybridized carbons (Fsp3) is 0.364. The van der Waals surface area contributed by atoms with Gasteiger partial charge in [-0.2, -0.15) is 0 Å². The molecule has 0 saturated carbocycles. The third-order valence-corrected chi connectivity index (χ3v) is 5.07. The number of nitrogens with one attached hydrogen (secondary N) is 2. The third-order valence-electron chi connectivity index (χ3n) is 5.07. The van der Waals surface area contributed by atoms with E-state index in [2.05, 4.69) is 10.6 Å². The number of hydrogen-bond acceptors (Lipinski definition) is 6. The Kier molecular flexibility index (Phi) is 7.56. The van der Waals surface area contributed by atoms with Crippen LogP contribution in [0.25, 0.3) is 0 Å². The number of benzene rings is 2. The summed E-state index contributed by atoms with van der Waals surface area (Å²) in [6, 6.07) is 12.2. The van der Waals surface area contributed by atoms with Crippen LogP contribution in [0.1, 0.15) is 22.3 Å². The molecule has 2 amide bonds. The highest BCUT2D eigenvalue weighted by Gasteiger charge is 2.43. The van der Waals surface area contributed by atoms with Gasteiger partial charge in [0.15, 0.2) is 0 Å². The van der Waals surface area contributed by atoms with Crippen LogP contribution >= 0.6 is 0 Å². The summed E-state index contributed by atoms with van der Waals surface area (Å²) in [6.45, 7) is 0.169. The third kappa shape index (κ3) is 6.00. The highest BCUT2D eigenvalue weighted by atomic mass is 19.1. The molecule has 3 rings (SSSR count). The first-order chi connectivity index (χ1) is 14.9. The molecule has 0 bridgehead atoms. The molecule has 4 unspecified atom stereocenters. The van der Waals surface area contributed by atoms with E-state index in [1.165, 1.54) is 19.2 Å². The predicted molar refractivity (Wildman–Crippen MR) is 109 cm³/mol. The molecule has 1 saturated heterocycles. The van der Waals surface area contributed by atoms with E-state index in [9.17, 15) is 24.2 Å². The molecular weight excluding hydrogens is 407 g/mol. The monoisotopic (exact) mass is 432 g/mol. The van der Waals surface area contributed by atoms with Gasteiger partial charge in [-0.05, 0) is 42.0 Å². The van der Waals surface area contributed by atoms with Crippen molar-refractivity contribution in [2.75, 3.05) is 13.7 Å². The van der Waals surface area contributed by atoms with Gasteiger partial charge in [0.05, 0.1) is 19.6 Å². The first-order valence-corrected chi connectivity index (χ1v) is 9.82. The molecule has 2 aromatic carbocycles. The zero-order valence-corrected chi connectivity index (χ0v) is 17.0. The zero-order valence-electron chi connectivity index (χ0n) is 17.0. The number of carbonyl (C=O) groups is 2. The lowest BCUT2D eigenvalue weighted by atomic mass is 10.1. The average molecular weight is 432 g/mol. The number of ether oxygens (including phenoxy) is 2. The Morgan fingerprint density at radius 2 is 1.65 bits per heavy atom. The molecule has 0 spiro atoms. The van der Waals surface area contributed by atoms with Crippen LogP contribution < -0.4 is 15.4 Å². The van der Waals surface area contributed by atoms with Crippen LogP contribution in [0.15, 0.2) is 48.5 Å². The maximum absolute atomic E-state index is 12.9. The lowest BCUT2D eigenvalue weighted by molar-refractivity contribution is -0.125. The van der Waals surface area contributed by atoms with Crippen molar-refractivity contribution in [3.05, 3.63) is 65.5 Å². The largest absolute Gasteiger partial charge is 0.497 e. The highest BCUT2D eigenvalue weighted by Crippen LogP contribution is 2.23. The molecule has 8 nitrogen and oxygen atoms in total. The number of aliphatic hydroxyl groups excluding tert-OH is 2. The minimum atomic E-state index is -1.26. The van der Waals surface area contributed by atoms with Crippen LogP contribution in [-0.4, -0.2) is 60.1 Å². The topological polar surface area (TPSA) is 117 Å². The van der Waals surface area contributed by atoms with Gasteiger partial charge in [-0.25, -0.2) is 4.39 Å². The molecule has 4 atom stereocenters. The van der Waals surface area contributed by atoms with Gasteiger partial charge in [0.1, 0.15) is 29.9 Å². The molecule has 1 heterocycles. The van der Waals surface area contributed by atoms with Crippen LogP contribution in [0.3, 0.4) is 0 Å². The van der Waals surface area contributed by atoms with Gasteiger partial charge in [-0.3, -0.25) is 9.59 Å². The van der Waals surface area contributed by atoms with Crippen molar-refractivity contribution in [3.63, 3.8) is 0 Å². The Balaban J connectivity index is 1.46. The first kappa shape index (κ1) is 22.7. The number of halogens is 1. The van der Waals surface area contributed by atoms with E-state index in [0.29, 0.717) is 11.3 Å². The number of hydrogen-bond donors (Lipinski definition) is 4. The molecule has 0 aliphatic carbocycles. The summed E-state index contributed by atoms with van der Waals surface area (Å²) in [5.41, 5.74) is 1.13. The molecule has 2 aromatic rings. The second-order valence-electron chi connectivity index (χ2n) is 7.24. The van der Waals surface area contributed by atoms with E-state index in [-0.39, 0.29) is 37.1 Å². The summed E-state index contributed by atoms with van der Waals surface area (Å²) >= 11 is 0. The van der Waals surface area contributed by atoms with E-state index in [4.69, 9.17) is 9.47 Å². The minimum Gasteiger partial charge on any atom is -0.497 e. The molecule has 0 radical (unpaired) electrons. The molecule has 31 heavy (non-hydrogen) atoms. The van der Waals surface area contributed by atoms with Crippen molar-refractivity contribution in [2.24, 2.45) is 0 Å². The van der Waals surface area contributed by atoms with Crippen LogP contribution in [0.5, 0.6) is 5.75 Å². The van der Waals surface area contributed by atoms with Crippen molar-refractivity contribution in [2.45, 2.75) is 37.4 Å². The quantitative estimate of drug-likeness (QED) is 0.489. The van der Waals surface area contributed by atoms with E-state index in [1.807, 2.05) is 0 Å². The van der Waals surface area contributed by atoms with Crippen molar-refractivity contribution in [3.8, 4) is 5.75 Å². The van der Waals surface area contributed by atoms with Crippen molar-refractivity contribution < 1.29 is 33.7 Å². The Morgan fingerprint density at radius 3 is 2.29 bits per heavy atom. The van der Waals surface area contributed by atoms with Gasteiger partial charge >= 0.3 is 0 Å². The van der Waals surface area contributed by atoms with Crippen molar-refractivity contribution in [1.29, 1.82) is 0 Å². The maximum atomic E-state index is 12.9. The van der Waals surface area contributed by atoms with Gasteiger partial charge in [-0.1, -0.05) is 12.1 Å².